The van der Waals surface area contributed by atoms with Gasteiger partial charge >= 0.3 is 0 Å². The Bertz CT molecular complexity index is 1060. The Morgan fingerprint density at radius 1 is 0.865 bits per heavy atom. The van der Waals surface area contributed by atoms with Crippen LogP contribution in [0.3, 0.4) is 0 Å². The SMILES string of the molecule is CCCCCCCCCCCCCCOc1ccccc1NC(=O)c1cccc(C[n+]2cscc2C)c1. The lowest BCUT2D eigenvalue weighted by Gasteiger charge is -2.13. The largest absolute Gasteiger partial charge is 0.491 e. The quantitative estimate of drug-likeness (QED) is 0.134. The summed E-state index contributed by atoms with van der Waals surface area (Å²) < 4.78 is 8.25. The summed E-state index contributed by atoms with van der Waals surface area (Å²) in [6.07, 6.45) is 15.9. The van der Waals surface area contributed by atoms with E-state index < -0.39 is 0 Å². The number of nitrogens with zero attached hydrogens (tertiary/aromatic N) is 1. The number of carbonyl (C=O) groups is 1. The number of benzene rings is 2. The first-order valence-electron chi connectivity index (χ1n) is 14.2. The van der Waals surface area contributed by atoms with Gasteiger partial charge in [-0.3, -0.25) is 4.79 Å². The zero-order chi connectivity index (χ0) is 26.1. The third-order valence-electron chi connectivity index (χ3n) is 6.81. The van der Waals surface area contributed by atoms with Gasteiger partial charge in [0, 0.05) is 18.1 Å². The number of anilines is 1. The molecule has 0 spiro atoms. The number of hydrogen-bond donors (Lipinski definition) is 1. The van der Waals surface area contributed by atoms with Crippen molar-refractivity contribution in [3.05, 3.63) is 76.2 Å². The highest BCUT2D eigenvalue weighted by Crippen LogP contribution is 2.25. The van der Waals surface area contributed by atoms with E-state index in [-0.39, 0.29) is 5.91 Å². The lowest BCUT2D eigenvalue weighted by atomic mass is 10.1. The molecule has 0 atom stereocenters. The number of carbonyl (C=O) groups excluding carboxylic acids is 1. The third-order valence-corrected chi connectivity index (χ3v) is 7.67. The van der Waals surface area contributed by atoms with Gasteiger partial charge in [-0.2, -0.15) is 4.57 Å². The molecular formula is C32H45N2O2S+. The number of aromatic nitrogens is 1. The standard InChI is InChI=1S/C32H44N2O2S/c1-3-4-5-6-7-8-9-10-11-12-13-16-22-36-31-21-15-14-20-30(31)33-32(35)29-19-17-18-28(23-29)24-34-26-37-25-27(34)2/h14-15,17-21,23,25-26H,3-13,16,22,24H2,1-2H3/p+1. The fraction of sp³-hybridized carbons (Fsp3) is 0.500. The smallest absolute Gasteiger partial charge is 0.255 e. The van der Waals surface area contributed by atoms with Crippen molar-refractivity contribution < 1.29 is 14.1 Å². The second-order valence-corrected chi connectivity index (χ2v) is 10.7. The number of amides is 1. The Morgan fingerprint density at radius 2 is 1.54 bits per heavy atom. The van der Waals surface area contributed by atoms with Crippen LogP contribution in [0.4, 0.5) is 5.69 Å². The molecule has 3 aromatic rings. The van der Waals surface area contributed by atoms with Gasteiger partial charge in [0.25, 0.3) is 5.91 Å². The topological polar surface area (TPSA) is 42.2 Å². The molecule has 1 aromatic heterocycles. The molecule has 200 valence electrons. The number of nitrogens with one attached hydrogen (secondary N) is 1. The van der Waals surface area contributed by atoms with Crippen LogP contribution in [0.1, 0.15) is 106 Å². The summed E-state index contributed by atoms with van der Waals surface area (Å²) in [7, 11) is 0. The van der Waals surface area contributed by atoms with Crippen molar-refractivity contribution in [1.82, 2.24) is 0 Å². The van der Waals surface area contributed by atoms with Crippen molar-refractivity contribution in [2.75, 3.05) is 11.9 Å². The van der Waals surface area contributed by atoms with Crippen LogP contribution in [0, 0.1) is 6.92 Å². The molecule has 5 heteroatoms. The summed E-state index contributed by atoms with van der Waals surface area (Å²) >= 11 is 1.69. The van der Waals surface area contributed by atoms with Gasteiger partial charge in [-0.25, -0.2) is 0 Å². The molecule has 0 aliphatic rings. The van der Waals surface area contributed by atoms with Crippen LogP contribution in [0.2, 0.25) is 0 Å². The zero-order valence-corrected chi connectivity index (χ0v) is 23.7. The summed E-state index contributed by atoms with van der Waals surface area (Å²) in [5.41, 5.74) is 5.81. The molecule has 0 saturated carbocycles. The van der Waals surface area contributed by atoms with Gasteiger partial charge in [-0.05, 0) is 30.7 Å². The molecule has 0 saturated heterocycles. The molecule has 2 aromatic carbocycles. The van der Waals surface area contributed by atoms with E-state index in [1.54, 1.807) is 11.3 Å². The van der Waals surface area contributed by atoms with Gasteiger partial charge in [0.05, 0.1) is 17.7 Å². The van der Waals surface area contributed by atoms with E-state index in [1.165, 1.54) is 76.3 Å². The van der Waals surface area contributed by atoms with Gasteiger partial charge < -0.3 is 10.1 Å². The first kappa shape index (κ1) is 28.9. The fourth-order valence-corrected chi connectivity index (χ4v) is 5.32. The van der Waals surface area contributed by atoms with Gasteiger partial charge in [0.15, 0.2) is 12.2 Å². The molecule has 0 fully saturated rings. The summed E-state index contributed by atoms with van der Waals surface area (Å²) in [6.45, 7) is 5.81. The highest BCUT2D eigenvalue weighted by molar-refractivity contribution is 7.07. The second-order valence-electron chi connectivity index (χ2n) is 10.0. The molecule has 0 radical (unpaired) electrons. The molecular weight excluding hydrogens is 476 g/mol. The molecule has 37 heavy (non-hydrogen) atoms. The second kappa shape index (κ2) is 17.0. The maximum Gasteiger partial charge on any atom is 0.255 e. The molecule has 1 N–H and O–H groups in total. The molecule has 3 rings (SSSR count). The lowest BCUT2D eigenvalue weighted by Crippen LogP contribution is -2.34. The van der Waals surface area contributed by atoms with Crippen LogP contribution in [-0.4, -0.2) is 12.5 Å². The van der Waals surface area contributed by atoms with Crippen molar-refractivity contribution in [2.45, 2.75) is 97.4 Å². The molecule has 4 nitrogen and oxygen atoms in total. The molecule has 1 heterocycles. The first-order valence-corrected chi connectivity index (χ1v) is 15.2. The number of aryl methyl sites for hydroxylation is 1. The number of thiazole rings is 1. The maximum absolute atomic E-state index is 13.0. The summed E-state index contributed by atoms with van der Waals surface area (Å²) in [5, 5.41) is 5.18. The maximum atomic E-state index is 13.0. The van der Waals surface area contributed by atoms with Crippen molar-refractivity contribution in [3.63, 3.8) is 0 Å². The number of para-hydroxylation sites is 2. The van der Waals surface area contributed by atoms with Crippen LogP contribution in [0.15, 0.2) is 59.4 Å². The van der Waals surface area contributed by atoms with Crippen molar-refractivity contribution in [3.8, 4) is 5.75 Å². The molecule has 1 amide bonds. The van der Waals surface area contributed by atoms with E-state index >= 15 is 0 Å². The van der Waals surface area contributed by atoms with E-state index in [2.05, 4.69) is 40.7 Å². The molecule has 0 unspecified atom stereocenters. The number of hydrogen-bond acceptors (Lipinski definition) is 3. The Hall–Kier alpha value is -2.66. The van der Waals surface area contributed by atoms with E-state index in [4.69, 9.17) is 4.74 Å². The van der Waals surface area contributed by atoms with Crippen LogP contribution in [-0.2, 0) is 6.54 Å². The van der Waals surface area contributed by atoms with E-state index in [0.29, 0.717) is 12.2 Å². The molecule has 0 aliphatic carbocycles. The Balaban J connectivity index is 1.36. The van der Waals surface area contributed by atoms with Crippen LogP contribution in [0.25, 0.3) is 0 Å². The Kier molecular flexibility index (Phi) is 13.3. The average Bonchev–Trinajstić information content (AvgIpc) is 3.31. The predicted molar refractivity (Wildman–Crippen MR) is 156 cm³/mol. The highest BCUT2D eigenvalue weighted by atomic mass is 32.1. The van der Waals surface area contributed by atoms with Gasteiger partial charge in [0.2, 0.25) is 5.51 Å². The monoisotopic (exact) mass is 521 g/mol. The minimum atomic E-state index is -0.115. The summed E-state index contributed by atoms with van der Waals surface area (Å²) in [4.78, 5) is 13.0. The zero-order valence-electron chi connectivity index (χ0n) is 22.8. The first-order chi connectivity index (χ1) is 18.2. The molecule has 0 aliphatic heterocycles. The van der Waals surface area contributed by atoms with Crippen molar-refractivity contribution in [1.29, 1.82) is 0 Å². The predicted octanol–water partition coefficient (Wildman–Crippen LogP) is 8.72. The van der Waals surface area contributed by atoms with Crippen LogP contribution in [0.5, 0.6) is 5.75 Å². The highest BCUT2D eigenvalue weighted by Gasteiger charge is 2.13. The van der Waals surface area contributed by atoms with Crippen molar-refractivity contribution >= 4 is 22.9 Å². The minimum Gasteiger partial charge on any atom is -0.491 e. The number of ether oxygens (including phenoxy) is 1. The third kappa shape index (κ3) is 10.7. The average molecular weight is 522 g/mol. The van der Waals surface area contributed by atoms with Crippen LogP contribution < -0.4 is 14.6 Å². The Labute approximate surface area is 228 Å². The minimum absolute atomic E-state index is 0.115. The summed E-state index contributed by atoms with van der Waals surface area (Å²) in [6, 6.07) is 15.6. The lowest BCUT2D eigenvalue weighted by molar-refractivity contribution is -0.689. The Morgan fingerprint density at radius 3 is 2.22 bits per heavy atom. The fourth-order valence-electron chi connectivity index (χ4n) is 4.54. The number of unbranched alkanes of at least 4 members (excludes halogenated alkanes) is 11. The van der Waals surface area contributed by atoms with E-state index in [0.717, 1.165) is 30.0 Å². The van der Waals surface area contributed by atoms with E-state index in [9.17, 15) is 4.79 Å². The van der Waals surface area contributed by atoms with Gasteiger partial charge in [-0.1, -0.05) is 113 Å². The normalized spacial score (nSPS) is 11.0. The van der Waals surface area contributed by atoms with Gasteiger partial charge in [-0.15, -0.1) is 0 Å². The molecule has 0 bridgehead atoms. The van der Waals surface area contributed by atoms with Gasteiger partial charge in [0.1, 0.15) is 5.75 Å². The van der Waals surface area contributed by atoms with Crippen molar-refractivity contribution in [2.24, 2.45) is 0 Å². The van der Waals surface area contributed by atoms with E-state index in [1.807, 2.05) is 42.5 Å². The summed E-state index contributed by atoms with van der Waals surface area (Å²) in [5.74, 6) is 0.620. The number of rotatable bonds is 18. The van der Waals surface area contributed by atoms with Crippen LogP contribution >= 0.6 is 11.3 Å².